The number of nitrogens with zero attached hydrogens (tertiary/aromatic N) is 3. The van der Waals surface area contributed by atoms with Crippen molar-refractivity contribution < 1.29 is 37.5 Å². The lowest BCUT2D eigenvalue weighted by molar-refractivity contribution is -0.139. The van der Waals surface area contributed by atoms with Crippen LogP contribution in [0, 0.1) is 0 Å². The van der Waals surface area contributed by atoms with E-state index in [0.29, 0.717) is 18.6 Å². The molecule has 0 radical (unpaired) electrons. The lowest BCUT2D eigenvalue weighted by atomic mass is 10.2. The maximum absolute atomic E-state index is 13.1. The Kier molecular flexibility index (Phi) is 7.33. The number of methoxy groups -OCH3 is 1. The average molecular weight is 455 g/mol. The fourth-order valence-corrected chi connectivity index (χ4v) is 4.13. The van der Waals surface area contributed by atoms with Crippen molar-refractivity contribution in [1.29, 1.82) is 0 Å². The number of aromatic nitrogens is 3. The van der Waals surface area contributed by atoms with Crippen LogP contribution in [-0.2, 0) is 32.7 Å². The van der Waals surface area contributed by atoms with E-state index in [9.17, 15) is 18.9 Å². The largest absolute Gasteiger partial charge is 0.468 e. The van der Waals surface area contributed by atoms with Gasteiger partial charge < -0.3 is 19.7 Å². The number of amides is 1. The highest BCUT2D eigenvalue weighted by Gasteiger charge is 2.38. The standard InChI is InChI=1S/C17H22N5O8P/c1-27-14(24)8-20-31(26,30-11-5-3-2-4-6-11)28-9-12-7-13(23)17(29-12)22-10-19-16(21-22)15(18)25/h2-3,5,10,12,17H,4,6-9H2,1H3,(H2,18,25)(H,20,26)/t12-,17+,31?/m0/s1. The van der Waals surface area contributed by atoms with E-state index in [1.165, 1.54) is 7.11 Å². The lowest BCUT2D eigenvalue weighted by Crippen LogP contribution is -2.25. The molecule has 1 fully saturated rings. The van der Waals surface area contributed by atoms with Gasteiger partial charge in [0.15, 0.2) is 5.78 Å². The predicted molar refractivity (Wildman–Crippen MR) is 103 cm³/mol. The molecule has 1 aliphatic heterocycles. The van der Waals surface area contributed by atoms with E-state index >= 15 is 0 Å². The number of hydrogen-bond acceptors (Lipinski definition) is 10. The van der Waals surface area contributed by atoms with E-state index < -0.39 is 38.5 Å². The summed E-state index contributed by atoms with van der Waals surface area (Å²) in [6, 6.07) is 0. The number of nitrogens with one attached hydrogen (secondary N) is 1. The van der Waals surface area contributed by atoms with E-state index in [4.69, 9.17) is 19.5 Å². The molecule has 3 N–H and O–H groups in total. The average Bonchev–Trinajstić information content (AvgIpc) is 3.38. The first-order valence-electron chi connectivity index (χ1n) is 9.30. The van der Waals surface area contributed by atoms with Gasteiger partial charge in [0.25, 0.3) is 5.91 Å². The second-order valence-corrected chi connectivity index (χ2v) is 8.34. The quantitative estimate of drug-likeness (QED) is 0.368. The summed E-state index contributed by atoms with van der Waals surface area (Å²) in [6.45, 7) is -0.674. The molecule has 168 valence electrons. The molecule has 3 atom stereocenters. The number of carbonyl (C=O) groups excluding carboxylic acids is 3. The van der Waals surface area contributed by atoms with Gasteiger partial charge in [0.05, 0.1) is 19.8 Å². The van der Waals surface area contributed by atoms with Crippen LogP contribution in [0.1, 0.15) is 36.1 Å². The molecule has 1 amide bonds. The van der Waals surface area contributed by atoms with Gasteiger partial charge in [-0.3, -0.25) is 18.9 Å². The van der Waals surface area contributed by atoms with Crippen LogP contribution in [0.25, 0.3) is 0 Å². The molecular formula is C17H22N5O8P. The van der Waals surface area contributed by atoms with Crippen molar-refractivity contribution in [2.24, 2.45) is 5.73 Å². The van der Waals surface area contributed by atoms with Crippen molar-refractivity contribution in [3.63, 3.8) is 0 Å². The Morgan fingerprint density at radius 3 is 2.90 bits per heavy atom. The summed E-state index contributed by atoms with van der Waals surface area (Å²) in [5, 5.41) is 6.25. The second kappa shape index (κ2) is 9.96. The summed E-state index contributed by atoms with van der Waals surface area (Å²) in [5.41, 5.74) is 5.10. The molecule has 0 aromatic carbocycles. The molecule has 14 heteroatoms. The van der Waals surface area contributed by atoms with Crippen LogP contribution in [0.2, 0.25) is 0 Å². The molecule has 1 saturated heterocycles. The second-order valence-electron chi connectivity index (χ2n) is 6.59. The van der Waals surface area contributed by atoms with Crippen LogP contribution >= 0.6 is 7.75 Å². The monoisotopic (exact) mass is 455 g/mol. The summed E-state index contributed by atoms with van der Waals surface area (Å²) in [7, 11) is -2.78. The summed E-state index contributed by atoms with van der Waals surface area (Å²) in [4.78, 5) is 38.6. The van der Waals surface area contributed by atoms with Crippen molar-refractivity contribution in [2.45, 2.75) is 31.6 Å². The van der Waals surface area contributed by atoms with E-state index in [1.54, 1.807) is 12.2 Å². The SMILES string of the molecule is COC(=O)CNP(=O)(OC[C@@H]1CC(=O)[C@H](n2cnc(C(N)=O)n2)O1)OC1=CC=CCC1. The van der Waals surface area contributed by atoms with Gasteiger partial charge in [0.1, 0.15) is 18.6 Å². The zero-order valence-electron chi connectivity index (χ0n) is 16.6. The smallest absolute Gasteiger partial charge is 0.459 e. The van der Waals surface area contributed by atoms with Gasteiger partial charge in [-0.05, 0) is 12.5 Å². The number of allylic oxidation sites excluding steroid dienone is 4. The molecule has 1 aromatic rings. The Balaban J connectivity index is 1.63. The number of hydrogen-bond donors (Lipinski definition) is 2. The number of primary amides is 1. The highest BCUT2D eigenvalue weighted by Crippen LogP contribution is 2.47. The summed E-state index contributed by atoms with van der Waals surface area (Å²) in [5.74, 6) is -1.67. The number of Topliss-reactive ketones (excluding diaryl/α,β-unsaturated/α-hetero) is 1. The van der Waals surface area contributed by atoms with E-state index in [-0.39, 0.29) is 24.6 Å². The van der Waals surface area contributed by atoms with Gasteiger partial charge >= 0.3 is 13.7 Å². The van der Waals surface area contributed by atoms with Gasteiger partial charge in [-0.25, -0.2) is 19.3 Å². The van der Waals surface area contributed by atoms with Crippen molar-refractivity contribution in [3.05, 3.63) is 36.1 Å². The zero-order chi connectivity index (χ0) is 22.4. The first kappa shape index (κ1) is 22.8. The van der Waals surface area contributed by atoms with E-state index in [0.717, 1.165) is 11.0 Å². The highest BCUT2D eigenvalue weighted by atomic mass is 31.2. The molecule has 0 saturated carbocycles. The third-order valence-corrected chi connectivity index (χ3v) is 5.79. The Morgan fingerprint density at radius 2 is 2.26 bits per heavy atom. The zero-order valence-corrected chi connectivity index (χ0v) is 17.5. The van der Waals surface area contributed by atoms with Crippen LogP contribution in [0.5, 0.6) is 0 Å². The van der Waals surface area contributed by atoms with Gasteiger partial charge in [-0.15, -0.1) is 5.10 Å². The Morgan fingerprint density at radius 1 is 1.45 bits per heavy atom. The summed E-state index contributed by atoms with van der Waals surface area (Å²) < 4.78 is 35.3. The summed E-state index contributed by atoms with van der Waals surface area (Å²) >= 11 is 0. The topological polar surface area (TPSA) is 174 Å². The van der Waals surface area contributed by atoms with Crippen molar-refractivity contribution >= 4 is 25.4 Å². The minimum atomic E-state index is -3.97. The van der Waals surface area contributed by atoms with Crippen molar-refractivity contribution in [3.8, 4) is 0 Å². The fourth-order valence-electron chi connectivity index (χ4n) is 2.77. The summed E-state index contributed by atoms with van der Waals surface area (Å²) in [6.07, 6.45) is 5.75. The number of rotatable bonds is 10. The lowest BCUT2D eigenvalue weighted by Gasteiger charge is -2.23. The van der Waals surface area contributed by atoms with Crippen LogP contribution in [0.4, 0.5) is 0 Å². The van der Waals surface area contributed by atoms with Crippen LogP contribution in [0.15, 0.2) is 30.3 Å². The first-order valence-corrected chi connectivity index (χ1v) is 10.8. The Bertz CT molecular complexity index is 958. The molecule has 0 bridgehead atoms. The van der Waals surface area contributed by atoms with Gasteiger partial charge in [0, 0.05) is 12.8 Å². The molecule has 1 aliphatic carbocycles. The molecule has 2 heterocycles. The van der Waals surface area contributed by atoms with E-state index in [1.807, 2.05) is 6.08 Å². The highest BCUT2D eigenvalue weighted by molar-refractivity contribution is 7.51. The number of ketones is 1. The molecule has 13 nitrogen and oxygen atoms in total. The van der Waals surface area contributed by atoms with Crippen LogP contribution < -0.4 is 10.8 Å². The molecule has 1 unspecified atom stereocenters. The minimum absolute atomic E-state index is 0.0567. The predicted octanol–water partition coefficient (Wildman–Crippen LogP) is 0.371. The normalized spacial score (nSPS) is 22.6. The maximum atomic E-state index is 13.1. The molecular weight excluding hydrogens is 433 g/mol. The molecule has 31 heavy (non-hydrogen) atoms. The Labute approximate surface area is 177 Å². The number of esters is 1. The maximum Gasteiger partial charge on any atom is 0.459 e. The molecule has 2 aliphatic rings. The van der Waals surface area contributed by atoms with Gasteiger partial charge in [0.2, 0.25) is 12.1 Å². The third-order valence-electron chi connectivity index (χ3n) is 4.28. The number of ether oxygens (including phenoxy) is 2. The Hall–Kier alpha value is -2.86. The van der Waals surface area contributed by atoms with Gasteiger partial charge in [-0.2, -0.15) is 0 Å². The van der Waals surface area contributed by atoms with Crippen molar-refractivity contribution in [2.75, 3.05) is 20.3 Å². The molecule has 0 spiro atoms. The number of nitrogens with two attached hydrogens (primary N) is 1. The van der Waals surface area contributed by atoms with E-state index in [2.05, 4.69) is 19.9 Å². The van der Waals surface area contributed by atoms with Crippen molar-refractivity contribution in [1.82, 2.24) is 19.9 Å². The first-order chi connectivity index (χ1) is 14.8. The van der Waals surface area contributed by atoms with Crippen LogP contribution in [0.3, 0.4) is 0 Å². The third kappa shape index (κ3) is 6.07. The van der Waals surface area contributed by atoms with Crippen LogP contribution in [-0.4, -0.2) is 58.8 Å². The van der Waals surface area contributed by atoms with Gasteiger partial charge in [-0.1, -0.05) is 12.2 Å². The molecule has 3 rings (SSSR count). The number of carbonyl (C=O) groups is 3. The minimum Gasteiger partial charge on any atom is -0.468 e. The molecule has 1 aromatic heterocycles. The fraction of sp³-hybridized carbons (Fsp3) is 0.471.